The van der Waals surface area contributed by atoms with Gasteiger partial charge in [-0.3, -0.25) is 0 Å². The van der Waals surface area contributed by atoms with Crippen LogP contribution in [0.5, 0.6) is 5.75 Å². The molecule has 0 heterocycles. The normalized spacial score (nSPS) is 12.2. The van der Waals surface area contributed by atoms with Crippen LogP contribution in [0.3, 0.4) is 0 Å². The Morgan fingerprint density at radius 1 is 1.24 bits per heavy atom. The fourth-order valence-corrected chi connectivity index (χ4v) is 2.60. The number of benzene rings is 2. The fourth-order valence-electron chi connectivity index (χ4n) is 2.20. The van der Waals surface area contributed by atoms with E-state index in [1.165, 1.54) is 6.07 Å². The molecule has 0 aliphatic heterocycles. The summed E-state index contributed by atoms with van der Waals surface area (Å²) in [5.74, 6) is 0.528. The molecule has 0 aromatic heterocycles. The van der Waals surface area contributed by atoms with Crippen LogP contribution in [-0.4, -0.2) is 6.54 Å². The number of ether oxygens (including phenoxy) is 1. The molecule has 0 aliphatic rings. The zero-order valence-electron chi connectivity index (χ0n) is 12.2. The highest BCUT2D eigenvalue weighted by Gasteiger charge is 2.11. The number of rotatable bonds is 6. The maximum atomic E-state index is 13.7. The van der Waals surface area contributed by atoms with Crippen molar-refractivity contribution in [1.29, 1.82) is 0 Å². The molecule has 0 saturated heterocycles. The number of para-hydroxylation sites is 1. The molecule has 112 valence electrons. The minimum absolute atomic E-state index is 0.193. The van der Waals surface area contributed by atoms with Gasteiger partial charge in [-0.05, 0) is 37.7 Å². The Labute approximate surface area is 133 Å². The van der Waals surface area contributed by atoms with Gasteiger partial charge in [0.05, 0.1) is 0 Å². The number of halogens is 2. The largest absolute Gasteiger partial charge is 0.488 e. The summed E-state index contributed by atoms with van der Waals surface area (Å²) in [6.45, 7) is 5.25. The van der Waals surface area contributed by atoms with Crippen molar-refractivity contribution in [3.63, 3.8) is 0 Å². The van der Waals surface area contributed by atoms with Crippen LogP contribution in [0.15, 0.2) is 46.9 Å². The molecule has 0 saturated carbocycles. The fraction of sp³-hybridized carbons (Fsp3) is 0.294. The summed E-state index contributed by atoms with van der Waals surface area (Å²) in [7, 11) is 0. The van der Waals surface area contributed by atoms with E-state index in [0.29, 0.717) is 5.56 Å². The van der Waals surface area contributed by atoms with Gasteiger partial charge in [0.2, 0.25) is 0 Å². The molecule has 1 atom stereocenters. The first-order valence-electron chi connectivity index (χ1n) is 7.01. The molecule has 2 aromatic rings. The Bertz CT molecular complexity index is 603. The van der Waals surface area contributed by atoms with E-state index in [2.05, 4.69) is 35.1 Å². The highest BCUT2D eigenvalue weighted by Crippen LogP contribution is 2.26. The van der Waals surface area contributed by atoms with E-state index in [9.17, 15) is 4.39 Å². The van der Waals surface area contributed by atoms with Crippen molar-refractivity contribution < 1.29 is 9.13 Å². The van der Waals surface area contributed by atoms with E-state index in [1.54, 1.807) is 12.1 Å². The quantitative estimate of drug-likeness (QED) is 0.803. The molecule has 0 amide bonds. The highest BCUT2D eigenvalue weighted by atomic mass is 79.9. The van der Waals surface area contributed by atoms with E-state index in [1.807, 2.05) is 24.3 Å². The van der Waals surface area contributed by atoms with Gasteiger partial charge in [0, 0.05) is 21.6 Å². The number of nitrogens with one attached hydrogen (secondary N) is 1. The van der Waals surface area contributed by atoms with Crippen LogP contribution in [-0.2, 0) is 6.61 Å². The molecule has 21 heavy (non-hydrogen) atoms. The smallest absolute Gasteiger partial charge is 0.129 e. The summed E-state index contributed by atoms with van der Waals surface area (Å²) < 4.78 is 20.4. The second-order valence-electron chi connectivity index (χ2n) is 4.84. The molecule has 2 nitrogen and oxygen atoms in total. The Kier molecular flexibility index (Phi) is 5.76. The first-order valence-corrected chi connectivity index (χ1v) is 7.80. The molecule has 0 aliphatic carbocycles. The lowest BCUT2D eigenvalue weighted by atomic mass is 10.1. The van der Waals surface area contributed by atoms with Crippen molar-refractivity contribution in [2.24, 2.45) is 0 Å². The summed E-state index contributed by atoms with van der Waals surface area (Å²) in [5, 5.41) is 3.36. The standard InChI is InChI=1S/C17H19BrFNO/c1-3-20-12(2)15-6-4-5-7-17(15)21-11-13-10-14(18)8-9-16(13)19/h4-10,12,20H,3,11H2,1-2H3. The second kappa shape index (κ2) is 7.57. The third-order valence-corrected chi connectivity index (χ3v) is 3.78. The summed E-state index contributed by atoms with van der Waals surface area (Å²) in [5.41, 5.74) is 1.62. The summed E-state index contributed by atoms with van der Waals surface area (Å²) in [6.07, 6.45) is 0. The van der Waals surface area contributed by atoms with Crippen molar-refractivity contribution in [1.82, 2.24) is 5.32 Å². The van der Waals surface area contributed by atoms with Crippen LogP contribution < -0.4 is 10.1 Å². The average molecular weight is 352 g/mol. The lowest BCUT2D eigenvalue weighted by molar-refractivity contribution is 0.294. The number of hydrogen-bond acceptors (Lipinski definition) is 2. The van der Waals surface area contributed by atoms with Gasteiger partial charge in [-0.2, -0.15) is 0 Å². The third kappa shape index (κ3) is 4.29. The minimum Gasteiger partial charge on any atom is -0.488 e. The van der Waals surface area contributed by atoms with Crippen LogP contribution in [0.4, 0.5) is 4.39 Å². The molecule has 0 spiro atoms. The van der Waals surface area contributed by atoms with E-state index >= 15 is 0 Å². The third-order valence-electron chi connectivity index (χ3n) is 3.29. The molecule has 0 bridgehead atoms. The predicted octanol–water partition coefficient (Wildman–Crippen LogP) is 4.84. The zero-order valence-corrected chi connectivity index (χ0v) is 13.8. The van der Waals surface area contributed by atoms with E-state index in [0.717, 1.165) is 22.3 Å². The van der Waals surface area contributed by atoms with Crippen LogP contribution in [0.2, 0.25) is 0 Å². The van der Waals surface area contributed by atoms with Gasteiger partial charge in [-0.1, -0.05) is 41.1 Å². The first kappa shape index (κ1) is 16.0. The molecule has 0 radical (unpaired) electrons. The average Bonchev–Trinajstić information content (AvgIpc) is 2.49. The maximum Gasteiger partial charge on any atom is 0.129 e. The van der Waals surface area contributed by atoms with Gasteiger partial charge in [0.1, 0.15) is 18.2 Å². The highest BCUT2D eigenvalue weighted by molar-refractivity contribution is 9.10. The van der Waals surface area contributed by atoms with Crippen molar-refractivity contribution in [3.05, 3.63) is 63.9 Å². The van der Waals surface area contributed by atoms with E-state index < -0.39 is 0 Å². The monoisotopic (exact) mass is 351 g/mol. The Morgan fingerprint density at radius 2 is 2.00 bits per heavy atom. The van der Waals surface area contributed by atoms with Gasteiger partial charge < -0.3 is 10.1 Å². The Hall–Kier alpha value is -1.39. The van der Waals surface area contributed by atoms with E-state index in [-0.39, 0.29) is 18.5 Å². The SMILES string of the molecule is CCNC(C)c1ccccc1OCc1cc(Br)ccc1F. The molecule has 1 unspecified atom stereocenters. The van der Waals surface area contributed by atoms with Gasteiger partial charge >= 0.3 is 0 Å². The Morgan fingerprint density at radius 3 is 2.76 bits per heavy atom. The van der Waals surface area contributed by atoms with Crippen LogP contribution in [0, 0.1) is 5.82 Å². The van der Waals surface area contributed by atoms with Gasteiger partial charge in [-0.25, -0.2) is 4.39 Å². The first-order chi connectivity index (χ1) is 10.1. The van der Waals surface area contributed by atoms with Gasteiger partial charge in [-0.15, -0.1) is 0 Å². The molecule has 4 heteroatoms. The topological polar surface area (TPSA) is 21.3 Å². The summed E-state index contributed by atoms with van der Waals surface area (Å²) in [6, 6.07) is 12.9. The lowest BCUT2D eigenvalue weighted by Crippen LogP contribution is -2.18. The number of hydrogen-bond donors (Lipinski definition) is 1. The molecular weight excluding hydrogens is 333 g/mol. The second-order valence-corrected chi connectivity index (χ2v) is 5.76. The zero-order chi connectivity index (χ0) is 15.2. The van der Waals surface area contributed by atoms with Gasteiger partial charge in [0.15, 0.2) is 0 Å². The molecule has 0 fully saturated rings. The lowest BCUT2D eigenvalue weighted by Gasteiger charge is -2.17. The summed E-state index contributed by atoms with van der Waals surface area (Å²) in [4.78, 5) is 0. The van der Waals surface area contributed by atoms with Crippen molar-refractivity contribution in [3.8, 4) is 5.75 Å². The van der Waals surface area contributed by atoms with Crippen LogP contribution in [0.1, 0.15) is 31.0 Å². The maximum absolute atomic E-state index is 13.7. The van der Waals surface area contributed by atoms with Gasteiger partial charge in [0.25, 0.3) is 0 Å². The molecular formula is C17H19BrFNO. The van der Waals surface area contributed by atoms with E-state index in [4.69, 9.17) is 4.74 Å². The van der Waals surface area contributed by atoms with Crippen molar-refractivity contribution >= 4 is 15.9 Å². The molecule has 2 rings (SSSR count). The Balaban J connectivity index is 2.14. The predicted molar refractivity (Wildman–Crippen MR) is 87.0 cm³/mol. The van der Waals surface area contributed by atoms with Crippen LogP contribution in [0.25, 0.3) is 0 Å². The molecule has 2 aromatic carbocycles. The summed E-state index contributed by atoms with van der Waals surface area (Å²) >= 11 is 3.35. The molecule has 1 N–H and O–H groups in total. The van der Waals surface area contributed by atoms with Crippen molar-refractivity contribution in [2.75, 3.05) is 6.54 Å². The van der Waals surface area contributed by atoms with Crippen LogP contribution >= 0.6 is 15.9 Å². The van der Waals surface area contributed by atoms with Crippen molar-refractivity contribution in [2.45, 2.75) is 26.5 Å². The minimum atomic E-state index is -0.254.